The number of nitrogens with one attached hydrogen (secondary N) is 1. The molecule has 0 unspecified atom stereocenters. The van der Waals surface area contributed by atoms with Crippen LogP contribution in [0.3, 0.4) is 0 Å². The summed E-state index contributed by atoms with van der Waals surface area (Å²) in [5, 5.41) is 3.98. The zero-order valence-corrected chi connectivity index (χ0v) is 14.5. The normalized spacial score (nSPS) is 15.4. The molecule has 2 aromatic rings. The lowest BCUT2D eigenvalue weighted by Gasteiger charge is -2.09. The van der Waals surface area contributed by atoms with Crippen molar-refractivity contribution in [1.29, 1.82) is 0 Å². The van der Waals surface area contributed by atoms with Crippen molar-refractivity contribution in [3.05, 3.63) is 39.2 Å². The number of aromatic nitrogens is 1. The number of furan rings is 1. The van der Waals surface area contributed by atoms with E-state index in [1.165, 1.54) is 23.4 Å². The third-order valence-electron chi connectivity index (χ3n) is 3.75. The molecule has 2 heterocycles. The Hall–Kier alpha value is -1.27. The lowest BCUT2D eigenvalue weighted by atomic mass is 10.0. The number of hydrogen-bond acceptors (Lipinski definition) is 5. The average molecular weight is 336 g/mol. The molecule has 0 radical (unpaired) electrons. The van der Waals surface area contributed by atoms with Gasteiger partial charge in [0, 0.05) is 4.88 Å². The summed E-state index contributed by atoms with van der Waals surface area (Å²) in [4.78, 5) is 18.3. The Morgan fingerprint density at radius 3 is 3.05 bits per heavy atom. The maximum absolute atomic E-state index is 12.3. The lowest BCUT2D eigenvalue weighted by Crippen LogP contribution is -2.26. The van der Waals surface area contributed by atoms with E-state index in [-0.39, 0.29) is 11.9 Å². The standard InChI is InChI=1S/C16H20N2O2S2/c1-10(16-18-12-5-3-4-6-14(12)22-16)17-15(19)13-8-7-11(20-13)9-21-2/h7-8,10H,3-6,9H2,1-2H3,(H,17,19)/t10-/m0/s1. The number of carbonyl (C=O) groups excluding carboxylic acids is 1. The first-order valence-corrected chi connectivity index (χ1v) is 9.75. The lowest BCUT2D eigenvalue weighted by molar-refractivity contribution is 0.0910. The molecule has 4 nitrogen and oxygen atoms in total. The van der Waals surface area contributed by atoms with Crippen LogP contribution in [-0.4, -0.2) is 17.1 Å². The molecule has 3 rings (SSSR count). The number of rotatable bonds is 5. The van der Waals surface area contributed by atoms with Crippen LogP contribution in [0, 0.1) is 0 Å². The van der Waals surface area contributed by atoms with Gasteiger partial charge in [-0.25, -0.2) is 4.98 Å². The van der Waals surface area contributed by atoms with Crippen molar-refractivity contribution in [2.24, 2.45) is 0 Å². The van der Waals surface area contributed by atoms with Crippen LogP contribution in [0.1, 0.15) is 57.7 Å². The Labute approximate surface area is 138 Å². The number of aryl methyl sites for hydroxylation is 2. The van der Waals surface area contributed by atoms with Gasteiger partial charge in [-0.3, -0.25) is 4.79 Å². The maximum Gasteiger partial charge on any atom is 0.287 e. The second kappa shape index (κ2) is 6.87. The van der Waals surface area contributed by atoms with Crippen LogP contribution in [0.2, 0.25) is 0 Å². The van der Waals surface area contributed by atoms with Crippen molar-refractivity contribution >= 4 is 29.0 Å². The molecule has 118 valence electrons. The summed E-state index contributed by atoms with van der Waals surface area (Å²) in [5.41, 5.74) is 1.23. The number of fused-ring (bicyclic) bond motifs is 1. The van der Waals surface area contributed by atoms with E-state index in [2.05, 4.69) is 5.32 Å². The monoisotopic (exact) mass is 336 g/mol. The van der Waals surface area contributed by atoms with Gasteiger partial charge in [0.1, 0.15) is 10.8 Å². The molecule has 0 saturated heterocycles. The molecule has 1 N–H and O–H groups in total. The predicted molar refractivity (Wildman–Crippen MR) is 90.6 cm³/mol. The molecule has 6 heteroatoms. The summed E-state index contributed by atoms with van der Waals surface area (Å²) < 4.78 is 5.55. The third kappa shape index (κ3) is 3.38. The number of thioether (sulfide) groups is 1. The number of hydrogen-bond donors (Lipinski definition) is 1. The molecule has 1 aliphatic rings. The maximum atomic E-state index is 12.3. The van der Waals surface area contributed by atoms with Crippen molar-refractivity contribution in [1.82, 2.24) is 10.3 Å². The van der Waals surface area contributed by atoms with Crippen LogP contribution in [-0.2, 0) is 18.6 Å². The van der Waals surface area contributed by atoms with Crippen LogP contribution in [0.4, 0.5) is 0 Å². The summed E-state index contributed by atoms with van der Waals surface area (Å²) >= 11 is 3.41. The summed E-state index contributed by atoms with van der Waals surface area (Å²) in [6.45, 7) is 1.98. The molecule has 0 spiro atoms. The van der Waals surface area contributed by atoms with Gasteiger partial charge in [-0.2, -0.15) is 11.8 Å². The van der Waals surface area contributed by atoms with Crippen LogP contribution in [0.5, 0.6) is 0 Å². The van der Waals surface area contributed by atoms with E-state index in [1.807, 2.05) is 19.2 Å². The quantitative estimate of drug-likeness (QED) is 0.897. The van der Waals surface area contributed by atoms with Crippen molar-refractivity contribution in [3.63, 3.8) is 0 Å². The van der Waals surface area contributed by atoms with Crippen LogP contribution >= 0.6 is 23.1 Å². The number of carbonyl (C=O) groups is 1. The minimum atomic E-state index is -0.173. The minimum Gasteiger partial charge on any atom is -0.455 e. The highest BCUT2D eigenvalue weighted by atomic mass is 32.2. The second-order valence-electron chi connectivity index (χ2n) is 5.52. The van der Waals surface area contributed by atoms with Crippen molar-refractivity contribution in [2.75, 3.05) is 6.26 Å². The fraction of sp³-hybridized carbons (Fsp3) is 0.500. The summed E-state index contributed by atoms with van der Waals surface area (Å²) in [6.07, 6.45) is 6.68. The Bertz CT molecular complexity index is 639. The highest BCUT2D eigenvalue weighted by Gasteiger charge is 2.21. The largest absolute Gasteiger partial charge is 0.455 e. The van der Waals surface area contributed by atoms with Gasteiger partial charge in [-0.05, 0) is 51.0 Å². The smallest absolute Gasteiger partial charge is 0.287 e. The van der Waals surface area contributed by atoms with Crippen molar-refractivity contribution < 1.29 is 9.21 Å². The Morgan fingerprint density at radius 1 is 1.45 bits per heavy atom. The van der Waals surface area contributed by atoms with Gasteiger partial charge in [-0.1, -0.05) is 0 Å². The molecular formula is C16H20N2O2S2. The van der Waals surface area contributed by atoms with E-state index < -0.39 is 0 Å². The zero-order valence-electron chi connectivity index (χ0n) is 12.8. The molecule has 2 aromatic heterocycles. The third-order valence-corrected chi connectivity index (χ3v) is 5.67. The highest BCUT2D eigenvalue weighted by molar-refractivity contribution is 7.97. The summed E-state index contributed by atoms with van der Waals surface area (Å²) in [6, 6.07) is 3.51. The molecule has 1 atom stereocenters. The number of nitrogens with zero attached hydrogens (tertiary/aromatic N) is 1. The van der Waals surface area contributed by atoms with Crippen LogP contribution in [0.25, 0.3) is 0 Å². The highest BCUT2D eigenvalue weighted by Crippen LogP contribution is 2.29. The van der Waals surface area contributed by atoms with Gasteiger partial charge in [0.05, 0.1) is 17.5 Å². The fourth-order valence-electron chi connectivity index (χ4n) is 2.61. The topological polar surface area (TPSA) is 55.1 Å². The van der Waals surface area contributed by atoms with Crippen molar-refractivity contribution in [3.8, 4) is 0 Å². The van der Waals surface area contributed by atoms with E-state index in [1.54, 1.807) is 29.2 Å². The molecule has 0 saturated carbocycles. The van der Waals surface area contributed by atoms with Gasteiger partial charge in [0.25, 0.3) is 5.91 Å². The minimum absolute atomic E-state index is 0.0859. The van der Waals surface area contributed by atoms with Gasteiger partial charge < -0.3 is 9.73 Å². The van der Waals surface area contributed by atoms with Gasteiger partial charge in [-0.15, -0.1) is 11.3 Å². The molecular weight excluding hydrogens is 316 g/mol. The first-order valence-electron chi connectivity index (χ1n) is 7.54. The van der Waals surface area contributed by atoms with Crippen molar-refractivity contribution in [2.45, 2.75) is 44.4 Å². The fourth-order valence-corrected chi connectivity index (χ4v) is 4.20. The zero-order chi connectivity index (χ0) is 15.5. The van der Waals surface area contributed by atoms with E-state index >= 15 is 0 Å². The predicted octanol–water partition coefficient (Wildman–Crippen LogP) is 3.97. The Balaban J connectivity index is 1.66. The number of amides is 1. The first-order chi connectivity index (χ1) is 10.7. The molecule has 0 fully saturated rings. The van der Waals surface area contributed by atoms with E-state index in [9.17, 15) is 4.79 Å². The first kappa shape index (κ1) is 15.6. The summed E-state index contributed by atoms with van der Waals surface area (Å²) in [7, 11) is 0. The molecule has 0 bridgehead atoms. The second-order valence-corrected chi connectivity index (χ2v) is 7.50. The van der Waals surface area contributed by atoms with E-state index in [0.29, 0.717) is 5.76 Å². The van der Waals surface area contributed by atoms with Crippen LogP contribution < -0.4 is 5.32 Å². The van der Waals surface area contributed by atoms with E-state index in [4.69, 9.17) is 9.40 Å². The average Bonchev–Trinajstić information content (AvgIpc) is 3.13. The summed E-state index contributed by atoms with van der Waals surface area (Å²) in [5.74, 6) is 1.81. The molecule has 1 aliphatic carbocycles. The van der Waals surface area contributed by atoms with Gasteiger partial charge in [0.2, 0.25) is 0 Å². The Morgan fingerprint density at radius 2 is 2.27 bits per heavy atom. The molecule has 1 amide bonds. The Kier molecular flexibility index (Phi) is 4.88. The van der Waals surface area contributed by atoms with E-state index in [0.717, 1.165) is 29.4 Å². The number of thiazole rings is 1. The SMILES string of the molecule is CSCc1ccc(C(=O)N[C@@H](C)c2nc3c(s2)CCCC3)o1. The molecule has 0 aliphatic heterocycles. The molecule has 22 heavy (non-hydrogen) atoms. The van der Waals surface area contributed by atoms with Gasteiger partial charge >= 0.3 is 0 Å². The molecule has 0 aromatic carbocycles. The van der Waals surface area contributed by atoms with Crippen LogP contribution in [0.15, 0.2) is 16.5 Å². The van der Waals surface area contributed by atoms with Gasteiger partial charge in [0.15, 0.2) is 5.76 Å².